The number of nitrogens with one attached hydrogen (secondary N) is 1. The van der Waals surface area contributed by atoms with Gasteiger partial charge < -0.3 is 19.7 Å². The number of nitrogens with zero attached hydrogens (tertiary/aromatic N) is 3. The van der Waals surface area contributed by atoms with Gasteiger partial charge in [-0.25, -0.2) is 9.78 Å². The van der Waals surface area contributed by atoms with E-state index in [0.29, 0.717) is 19.7 Å². The Bertz CT molecular complexity index is 800. The van der Waals surface area contributed by atoms with Gasteiger partial charge in [-0.1, -0.05) is 44.2 Å². The summed E-state index contributed by atoms with van der Waals surface area (Å²) in [6, 6.07) is 9.62. The SMILES string of the molecule is CCO[C@H]1CN(C(=O)OCc2ccccc2)C[C@H]1Nc1nc(CC)cnc1CC. The monoisotopic (exact) mass is 398 g/mol. The van der Waals surface area contributed by atoms with E-state index in [1.54, 1.807) is 4.90 Å². The van der Waals surface area contributed by atoms with E-state index >= 15 is 0 Å². The van der Waals surface area contributed by atoms with Crippen molar-refractivity contribution in [2.45, 2.75) is 52.4 Å². The van der Waals surface area contributed by atoms with E-state index in [1.165, 1.54) is 0 Å². The highest BCUT2D eigenvalue weighted by Gasteiger charge is 2.37. The Hall–Kier alpha value is -2.67. The highest BCUT2D eigenvalue weighted by atomic mass is 16.6. The Morgan fingerprint density at radius 3 is 2.66 bits per heavy atom. The zero-order valence-corrected chi connectivity index (χ0v) is 17.4. The number of hydrogen-bond donors (Lipinski definition) is 1. The van der Waals surface area contributed by atoms with Crippen molar-refractivity contribution in [2.24, 2.45) is 0 Å². The average Bonchev–Trinajstić information content (AvgIpc) is 3.15. The van der Waals surface area contributed by atoms with Gasteiger partial charge in [0, 0.05) is 19.3 Å². The third kappa shape index (κ3) is 5.44. The zero-order chi connectivity index (χ0) is 20.6. The first-order valence-corrected chi connectivity index (χ1v) is 10.3. The normalized spacial score (nSPS) is 18.7. The van der Waals surface area contributed by atoms with Gasteiger partial charge in [0.15, 0.2) is 0 Å². The maximum absolute atomic E-state index is 12.6. The Labute approximate surface area is 172 Å². The maximum atomic E-state index is 12.6. The largest absolute Gasteiger partial charge is 0.445 e. The van der Waals surface area contributed by atoms with Gasteiger partial charge in [0.05, 0.1) is 30.1 Å². The first kappa shape index (κ1) is 21.0. The number of rotatable bonds is 8. The van der Waals surface area contributed by atoms with Crippen LogP contribution in [-0.2, 0) is 28.9 Å². The van der Waals surface area contributed by atoms with Crippen molar-refractivity contribution in [2.75, 3.05) is 25.0 Å². The third-order valence-electron chi connectivity index (χ3n) is 5.03. The Balaban J connectivity index is 1.66. The van der Waals surface area contributed by atoms with Crippen molar-refractivity contribution in [3.05, 3.63) is 53.5 Å². The molecular weight excluding hydrogens is 368 g/mol. The second kappa shape index (κ2) is 10.2. The average molecular weight is 399 g/mol. The van der Waals surface area contributed by atoms with Gasteiger partial charge in [0.1, 0.15) is 12.4 Å². The third-order valence-corrected chi connectivity index (χ3v) is 5.03. The lowest BCUT2D eigenvalue weighted by molar-refractivity contribution is 0.0580. The molecule has 0 spiro atoms. The number of carbonyl (C=O) groups excluding carboxylic acids is 1. The number of aromatic nitrogens is 2. The predicted molar refractivity (Wildman–Crippen MR) is 112 cm³/mol. The second-order valence-electron chi connectivity index (χ2n) is 7.05. The first-order valence-electron chi connectivity index (χ1n) is 10.3. The molecule has 7 heteroatoms. The molecule has 1 N–H and O–H groups in total. The van der Waals surface area contributed by atoms with Crippen LogP contribution in [0.25, 0.3) is 0 Å². The Kier molecular flexibility index (Phi) is 7.41. The minimum absolute atomic E-state index is 0.0640. The van der Waals surface area contributed by atoms with E-state index < -0.39 is 0 Å². The molecule has 2 atom stereocenters. The fourth-order valence-electron chi connectivity index (χ4n) is 3.43. The van der Waals surface area contributed by atoms with Crippen LogP contribution < -0.4 is 5.32 Å². The highest BCUT2D eigenvalue weighted by Crippen LogP contribution is 2.21. The van der Waals surface area contributed by atoms with Crippen LogP contribution in [0, 0.1) is 0 Å². The molecule has 156 valence electrons. The highest BCUT2D eigenvalue weighted by molar-refractivity contribution is 5.68. The van der Waals surface area contributed by atoms with Crippen LogP contribution in [0.15, 0.2) is 36.5 Å². The quantitative estimate of drug-likeness (QED) is 0.734. The Morgan fingerprint density at radius 2 is 1.97 bits per heavy atom. The fraction of sp³-hybridized carbons (Fsp3) is 0.500. The lowest BCUT2D eigenvalue weighted by Crippen LogP contribution is -2.35. The molecule has 0 saturated carbocycles. The molecule has 1 aromatic heterocycles. The van der Waals surface area contributed by atoms with Crippen molar-refractivity contribution in [1.29, 1.82) is 0 Å². The summed E-state index contributed by atoms with van der Waals surface area (Å²) < 4.78 is 11.4. The first-order chi connectivity index (χ1) is 14.1. The van der Waals surface area contributed by atoms with Gasteiger partial charge in [-0.05, 0) is 25.3 Å². The van der Waals surface area contributed by atoms with Gasteiger partial charge in [-0.3, -0.25) is 4.98 Å². The summed E-state index contributed by atoms with van der Waals surface area (Å²) in [5.41, 5.74) is 2.83. The van der Waals surface area contributed by atoms with Crippen molar-refractivity contribution in [3.63, 3.8) is 0 Å². The van der Waals surface area contributed by atoms with Crippen molar-refractivity contribution in [1.82, 2.24) is 14.9 Å². The zero-order valence-electron chi connectivity index (χ0n) is 17.4. The van der Waals surface area contributed by atoms with Crippen LogP contribution in [-0.4, -0.2) is 52.8 Å². The van der Waals surface area contributed by atoms with Gasteiger partial charge >= 0.3 is 6.09 Å². The summed E-state index contributed by atoms with van der Waals surface area (Å²) >= 11 is 0. The number of carbonyl (C=O) groups is 1. The van der Waals surface area contributed by atoms with Gasteiger partial charge in [0.25, 0.3) is 0 Å². The molecule has 7 nitrogen and oxygen atoms in total. The number of hydrogen-bond acceptors (Lipinski definition) is 6. The summed E-state index contributed by atoms with van der Waals surface area (Å²) in [4.78, 5) is 23.5. The molecule has 2 heterocycles. The van der Waals surface area contributed by atoms with Crippen LogP contribution in [0.1, 0.15) is 37.7 Å². The molecule has 0 radical (unpaired) electrons. The lowest BCUT2D eigenvalue weighted by Gasteiger charge is -2.21. The van der Waals surface area contributed by atoms with Gasteiger partial charge in [-0.15, -0.1) is 0 Å². The summed E-state index contributed by atoms with van der Waals surface area (Å²) in [5.74, 6) is 0.779. The molecule has 1 aliphatic rings. The van der Waals surface area contributed by atoms with Crippen LogP contribution in [0.2, 0.25) is 0 Å². The topological polar surface area (TPSA) is 76.6 Å². The molecule has 29 heavy (non-hydrogen) atoms. The molecule has 1 fully saturated rings. The number of ether oxygens (including phenoxy) is 2. The molecular formula is C22H30N4O3. The number of likely N-dealkylation sites (tertiary alicyclic amines) is 1. The molecule has 1 amide bonds. The van der Waals surface area contributed by atoms with Crippen LogP contribution in [0.4, 0.5) is 10.6 Å². The van der Waals surface area contributed by atoms with E-state index in [1.807, 2.05) is 43.5 Å². The molecule has 0 bridgehead atoms. The van der Waals surface area contributed by atoms with Crippen LogP contribution >= 0.6 is 0 Å². The van der Waals surface area contributed by atoms with Gasteiger partial charge in [0.2, 0.25) is 0 Å². The smallest absolute Gasteiger partial charge is 0.410 e. The van der Waals surface area contributed by atoms with Crippen molar-refractivity contribution >= 4 is 11.9 Å². The van der Waals surface area contributed by atoms with Gasteiger partial charge in [-0.2, -0.15) is 0 Å². The molecule has 1 saturated heterocycles. The molecule has 1 aromatic carbocycles. The summed E-state index contributed by atoms with van der Waals surface area (Å²) in [6.45, 7) is 7.91. The minimum Gasteiger partial charge on any atom is -0.445 e. The number of amides is 1. The molecule has 3 rings (SSSR count). The second-order valence-corrected chi connectivity index (χ2v) is 7.05. The molecule has 0 aliphatic carbocycles. The van der Waals surface area contributed by atoms with Crippen molar-refractivity contribution < 1.29 is 14.3 Å². The van der Waals surface area contributed by atoms with E-state index in [2.05, 4.69) is 24.1 Å². The van der Waals surface area contributed by atoms with Crippen LogP contribution in [0.3, 0.4) is 0 Å². The van der Waals surface area contributed by atoms with Crippen LogP contribution in [0.5, 0.6) is 0 Å². The van der Waals surface area contributed by atoms with E-state index in [9.17, 15) is 4.79 Å². The molecule has 1 aliphatic heterocycles. The number of anilines is 1. The Morgan fingerprint density at radius 1 is 1.17 bits per heavy atom. The summed E-state index contributed by atoms with van der Waals surface area (Å²) in [7, 11) is 0. The summed E-state index contributed by atoms with van der Waals surface area (Å²) in [6.07, 6.45) is 2.98. The molecule has 2 aromatic rings. The standard InChI is InChI=1S/C22H30N4O3/c1-4-17-12-23-18(5-2)21(24-17)25-19-13-26(14-20(19)28-6-3)22(27)29-15-16-10-8-7-9-11-16/h7-12,19-20H,4-6,13-15H2,1-3H3,(H,24,25)/t19-,20+/m1/s1. The fourth-order valence-corrected chi connectivity index (χ4v) is 3.43. The van der Waals surface area contributed by atoms with E-state index in [0.717, 1.165) is 35.6 Å². The predicted octanol–water partition coefficient (Wildman–Crippen LogP) is 3.44. The van der Waals surface area contributed by atoms with E-state index in [-0.39, 0.29) is 24.8 Å². The lowest BCUT2D eigenvalue weighted by atomic mass is 10.2. The minimum atomic E-state index is -0.327. The van der Waals surface area contributed by atoms with E-state index in [4.69, 9.17) is 14.5 Å². The summed E-state index contributed by atoms with van der Waals surface area (Å²) in [5, 5.41) is 3.48. The number of benzene rings is 1. The molecule has 0 unspecified atom stereocenters. The van der Waals surface area contributed by atoms with Crippen molar-refractivity contribution in [3.8, 4) is 0 Å². The number of aryl methyl sites for hydroxylation is 2. The maximum Gasteiger partial charge on any atom is 0.410 e.